The Labute approximate surface area is 168 Å². The largest absolute Gasteiger partial charge is 0.334 e. The molecule has 0 saturated heterocycles. The number of urea groups is 1. The first-order valence-electron chi connectivity index (χ1n) is 8.63. The second kappa shape index (κ2) is 8.41. The molecule has 8 nitrogen and oxygen atoms in total. The maximum Gasteiger partial charge on any atom is 0.319 e. The van der Waals surface area contributed by atoms with Crippen LogP contribution in [-0.4, -0.2) is 42.6 Å². The van der Waals surface area contributed by atoms with Gasteiger partial charge in [0.05, 0.1) is 16.3 Å². The maximum atomic E-state index is 13.6. The van der Waals surface area contributed by atoms with Gasteiger partial charge in [0.15, 0.2) is 0 Å². The van der Waals surface area contributed by atoms with E-state index in [0.717, 1.165) is 4.31 Å². The first-order chi connectivity index (χ1) is 13.8. The zero-order valence-electron chi connectivity index (χ0n) is 15.8. The molecule has 0 aliphatic heterocycles. The van der Waals surface area contributed by atoms with E-state index in [4.69, 9.17) is 0 Å². The van der Waals surface area contributed by atoms with Crippen molar-refractivity contribution in [2.75, 3.05) is 19.4 Å². The van der Waals surface area contributed by atoms with Gasteiger partial charge < -0.3 is 10.6 Å². The lowest BCUT2D eigenvalue weighted by Crippen LogP contribution is -2.28. The zero-order chi connectivity index (χ0) is 21.0. The molecular formula is C19H20FN5O3S. The molecule has 3 aromatic rings. The van der Waals surface area contributed by atoms with Gasteiger partial charge in [-0.15, -0.1) is 0 Å². The van der Waals surface area contributed by atoms with Crippen molar-refractivity contribution in [1.29, 1.82) is 0 Å². The number of hydrogen-bond donors (Lipinski definition) is 2. The minimum Gasteiger partial charge on any atom is -0.334 e. The van der Waals surface area contributed by atoms with Crippen LogP contribution in [0.25, 0.3) is 5.69 Å². The van der Waals surface area contributed by atoms with Crippen LogP contribution in [0.5, 0.6) is 0 Å². The third-order valence-corrected chi connectivity index (χ3v) is 5.94. The topological polar surface area (TPSA) is 96.3 Å². The second-order valence-electron chi connectivity index (χ2n) is 6.35. The van der Waals surface area contributed by atoms with Gasteiger partial charge in [0, 0.05) is 33.0 Å². The van der Waals surface area contributed by atoms with Crippen LogP contribution >= 0.6 is 0 Å². The molecule has 2 N–H and O–H groups in total. The second-order valence-corrected chi connectivity index (χ2v) is 8.50. The first kappa shape index (κ1) is 20.5. The van der Waals surface area contributed by atoms with E-state index in [-0.39, 0.29) is 17.1 Å². The number of halogens is 1. The minimum absolute atomic E-state index is 0.166. The summed E-state index contributed by atoms with van der Waals surface area (Å²) in [6.45, 7) is 0.167. The van der Waals surface area contributed by atoms with Crippen molar-refractivity contribution in [3.05, 3.63) is 72.3 Å². The molecule has 0 atom stereocenters. The van der Waals surface area contributed by atoms with Crippen molar-refractivity contribution < 1.29 is 17.6 Å². The molecule has 3 rings (SSSR count). The minimum atomic E-state index is -3.51. The number of hydrogen-bond acceptors (Lipinski definition) is 4. The van der Waals surface area contributed by atoms with Crippen molar-refractivity contribution in [2.24, 2.45) is 0 Å². The van der Waals surface area contributed by atoms with Gasteiger partial charge in [-0.25, -0.2) is 26.6 Å². The average molecular weight is 417 g/mol. The van der Waals surface area contributed by atoms with E-state index in [0.29, 0.717) is 11.3 Å². The van der Waals surface area contributed by atoms with Crippen LogP contribution in [-0.2, 0) is 16.6 Å². The molecule has 2 amide bonds. The molecule has 0 spiro atoms. The van der Waals surface area contributed by atoms with E-state index in [9.17, 15) is 17.6 Å². The fourth-order valence-corrected chi connectivity index (χ4v) is 3.46. The summed E-state index contributed by atoms with van der Waals surface area (Å²) < 4.78 is 40.4. The smallest absolute Gasteiger partial charge is 0.319 e. The van der Waals surface area contributed by atoms with Crippen molar-refractivity contribution in [3.63, 3.8) is 0 Å². The lowest BCUT2D eigenvalue weighted by atomic mass is 10.2. The van der Waals surface area contributed by atoms with Crippen LogP contribution in [0.2, 0.25) is 0 Å². The Morgan fingerprint density at radius 3 is 2.52 bits per heavy atom. The van der Waals surface area contributed by atoms with Crippen LogP contribution in [0, 0.1) is 5.82 Å². The van der Waals surface area contributed by atoms with E-state index in [1.54, 1.807) is 30.6 Å². The standard InChI is InChI=1S/C19H20FN5O3S/c1-24(2)29(27,28)16-7-4-14(5-8-16)13-21-19(26)23-17-12-15(20)6-9-18(17)25-11-3-10-22-25/h3-12H,13H2,1-2H3,(H2,21,23,26). The molecular weight excluding hydrogens is 397 g/mol. The third-order valence-electron chi connectivity index (χ3n) is 4.11. The van der Waals surface area contributed by atoms with E-state index in [1.165, 1.54) is 49.1 Å². The fraction of sp³-hybridized carbons (Fsp3) is 0.158. The van der Waals surface area contributed by atoms with Gasteiger partial charge in [0.2, 0.25) is 10.0 Å². The predicted molar refractivity (Wildman–Crippen MR) is 107 cm³/mol. The van der Waals surface area contributed by atoms with E-state index in [2.05, 4.69) is 15.7 Å². The highest BCUT2D eigenvalue weighted by Gasteiger charge is 2.16. The normalized spacial score (nSPS) is 11.4. The highest BCUT2D eigenvalue weighted by molar-refractivity contribution is 7.89. The summed E-state index contributed by atoms with van der Waals surface area (Å²) >= 11 is 0. The Bertz CT molecular complexity index is 1100. The summed E-state index contributed by atoms with van der Waals surface area (Å²) in [5.74, 6) is -0.492. The van der Waals surface area contributed by atoms with Gasteiger partial charge >= 0.3 is 6.03 Å². The predicted octanol–water partition coefficient (Wildman–Crippen LogP) is 2.58. The van der Waals surface area contributed by atoms with Crippen LogP contribution < -0.4 is 10.6 Å². The highest BCUT2D eigenvalue weighted by atomic mass is 32.2. The summed E-state index contributed by atoms with van der Waals surface area (Å²) in [4.78, 5) is 12.4. The molecule has 0 saturated carbocycles. The third kappa shape index (κ3) is 4.79. The SMILES string of the molecule is CN(C)S(=O)(=O)c1ccc(CNC(=O)Nc2cc(F)ccc2-n2cccn2)cc1. The van der Waals surface area contributed by atoms with E-state index < -0.39 is 21.9 Å². The number of nitrogens with one attached hydrogen (secondary N) is 2. The number of aromatic nitrogens is 2. The van der Waals surface area contributed by atoms with Crippen LogP contribution in [0.1, 0.15) is 5.56 Å². The number of amides is 2. The molecule has 0 radical (unpaired) electrons. The first-order valence-corrected chi connectivity index (χ1v) is 10.1. The molecule has 0 fully saturated rings. The maximum absolute atomic E-state index is 13.6. The molecule has 152 valence electrons. The molecule has 0 unspecified atom stereocenters. The molecule has 0 bridgehead atoms. The van der Waals surface area contributed by atoms with Gasteiger partial charge in [-0.1, -0.05) is 12.1 Å². The number of rotatable bonds is 6. The molecule has 29 heavy (non-hydrogen) atoms. The molecule has 2 aromatic carbocycles. The molecule has 1 aromatic heterocycles. The lowest BCUT2D eigenvalue weighted by molar-refractivity contribution is 0.251. The Morgan fingerprint density at radius 1 is 1.17 bits per heavy atom. The van der Waals surface area contributed by atoms with Crippen molar-refractivity contribution >= 4 is 21.7 Å². The Balaban J connectivity index is 1.66. The van der Waals surface area contributed by atoms with Gasteiger partial charge in [0.25, 0.3) is 0 Å². The molecule has 10 heteroatoms. The van der Waals surface area contributed by atoms with Crippen LogP contribution in [0.3, 0.4) is 0 Å². The van der Waals surface area contributed by atoms with Gasteiger partial charge in [0.1, 0.15) is 5.82 Å². The number of carbonyl (C=O) groups is 1. The van der Waals surface area contributed by atoms with Crippen LogP contribution in [0.4, 0.5) is 14.9 Å². The lowest BCUT2D eigenvalue weighted by Gasteiger charge is -2.13. The summed E-state index contributed by atoms with van der Waals surface area (Å²) in [6, 6.07) is 11.4. The highest BCUT2D eigenvalue weighted by Crippen LogP contribution is 2.21. The number of anilines is 1. The van der Waals surface area contributed by atoms with Crippen molar-refractivity contribution in [3.8, 4) is 5.69 Å². The number of nitrogens with zero attached hydrogens (tertiary/aromatic N) is 3. The summed E-state index contributed by atoms with van der Waals surface area (Å²) in [6.07, 6.45) is 3.26. The molecule has 1 heterocycles. The number of benzene rings is 2. The number of sulfonamides is 1. The quantitative estimate of drug-likeness (QED) is 0.644. The van der Waals surface area contributed by atoms with Gasteiger partial charge in [-0.2, -0.15) is 5.10 Å². The van der Waals surface area contributed by atoms with Crippen molar-refractivity contribution in [1.82, 2.24) is 19.4 Å². The van der Waals surface area contributed by atoms with E-state index in [1.807, 2.05) is 0 Å². The van der Waals surface area contributed by atoms with Gasteiger partial charge in [-0.05, 0) is 42.0 Å². The Kier molecular flexibility index (Phi) is 5.95. The summed E-state index contributed by atoms with van der Waals surface area (Å²) in [5.41, 5.74) is 1.49. The average Bonchev–Trinajstić information content (AvgIpc) is 3.21. The Morgan fingerprint density at radius 2 is 1.90 bits per heavy atom. The number of carbonyl (C=O) groups excluding carboxylic acids is 1. The van der Waals surface area contributed by atoms with Gasteiger partial charge in [-0.3, -0.25) is 0 Å². The summed E-state index contributed by atoms with van der Waals surface area (Å²) in [5, 5.41) is 9.35. The fourth-order valence-electron chi connectivity index (χ4n) is 2.56. The Hall–Kier alpha value is -3.24. The molecule has 0 aliphatic rings. The van der Waals surface area contributed by atoms with Crippen LogP contribution in [0.15, 0.2) is 65.8 Å². The summed E-state index contributed by atoms with van der Waals surface area (Å²) in [7, 11) is -0.591. The van der Waals surface area contributed by atoms with Crippen molar-refractivity contribution in [2.45, 2.75) is 11.4 Å². The molecule has 0 aliphatic carbocycles. The van der Waals surface area contributed by atoms with E-state index >= 15 is 0 Å². The zero-order valence-corrected chi connectivity index (χ0v) is 16.6. The monoisotopic (exact) mass is 417 g/mol.